The molecule has 5 heteroatoms. The number of hydrogen-bond donors (Lipinski definition) is 2. The van der Waals surface area contributed by atoms with Crippen molar-refractivity contribution in [1.29, 1.82) is 0 Å². The Hall–Kier alpha value is -1.10. The number of amides is 1. The van der Waals surface area contributed by atoms with Gasteiger partial charge in [-0.2, -0.15) is 0 Å². The van der Waals surface area contributed by atoms with Crippen molar-refractivity contribution < 1.29 is 14.7 Å². The molecule has 0 aromatic rings. The lowest BCUT2D eigenvalue weighted by molar-refractivity contribution is -0.143. The molecule has 0 aromatic heterocycles. The van der Waals surface area contributed by atoms with Crippen LogP contribution in [0.2, 0.25) is 0 Å². The second-order valence-corrected chi connectivity index (χ2v) is 6.17. The maximum atomic E-state index is 12.3. The lowest BCUT2D eigenvalue weighted by Gasteiger charge is -2.39. The molecule has 3 aliphatic rings. The van der Waals surface area contributed by atoms with Crippen LogP contribution in [0, 0.1) is 5.92 Å². The minimum Gasteiger partial charge on any atom is -0.481 e. The van der Waals surface area contributed by atoms with Crippen molar-refractivity contribution >= 4 is 11.9 Å². The third kappa shape index (κ3) is 1.72. The molecule has 100 valence electrons. The predicted octanol–water partition coefficient (Wildman–Crippen LogP) is 0.722. The standard InChI is InChI=1S/C13H20N2O3/c14-13(4-1-5-13)7-11(16)15-8-2-3-10(15)9(6-8)12(17)18/h8-10H,1-7,14H2,(H,17,18). The molecule has 18 heavy (non-hydrogen) atoms. The molecule has 2 aliphatic heterocycles. The molecule has 1 saturated carbocycles. The Bertz CT molecular complexity index is 392. The number of aliphatic carboxylic acids is 1. The zero-order valence-corrected chi connectivity index (χ0v) is 10.5. The predicted molar refractivity (Wildman–Crippen MR) is 64.8 cm³/mol. The summed E-state index contributed by atoms with van der Waals surface area (Å²) in [6.07, 6.45) is 5.77. The molecule has 0 spiro atoms. The Morgan fingerprint density at radius 3 is 2.56 bits per heavy atom. The van der Waals surface area contributed by atoms with E-state index in [9.17, 15) is 9.59 Å². The number of nitrogens with zero attached hydrogens (tertiary/aromatic N) is 1. The molecule has 2 saturated heterocycles. The highest BCUT2D eigenvalue weighted by atomic mass is 16.4. The van der Waals surface area contributed by atoms with Crippen LogP contribution in [-0.4, -0.2) is 39.5 Å². The Morgan fingerprint density at radius 1 is 1.33 bits per heavy atom. The third-order valence-corrected chi connectivity index (χ3v) is 4.99. The van der Waals surface area contributed by atoms with Crippen molar-refractivity contribution in [3.8, 4) is 0 Å². The average Bonchev–Trinajstić information content (AvgIpc) is 2.83. The van der Waals surface area contributed by atoms with E-state index in [0.717, 1.165) is 32.1 Å². The second-order valence-electron chi connectivity index (χ2n) is 6.17. The quantitative estimate of drug-likeness (QED) is 0.775. The zero-order valence-electron chi connectivity index (χ0n) is 10.5. The van der Waals surface area contributed by atoms with Crippen LogP contribution in [0.4, 0.5) is 0 Å². The van der Waals surface area contributed by atoms with Gasteiger partial charge in [-0.3, -0.25) is 9.59 Å². The largest absolute Gasteiger partial charge is 0.481 e. The molecular weight excluding hydrogens is 232 g/mol. The Kier molecular flexibility index (Phi) is 2.62. The Labute approximate surface area is 106 Å². The number of carboxylic acid groups (broad SMARTS) is 1. The van der Waals surface area contributed by atoms with Gasteiger partial charge in [0.2, 0.25) is 5.91 Å². The van der Waals surface area contributed by atoms with Crippen LogP contribution < -0.4 is 5.73 Å². The SMILES string of the molecule is NC1(CC(=O)N2C3CCC2C(C(=O)O)C3)CCC1. The van der Waals surface area contributed by atoms with Crippen molar-refractivity contribution in [1.82, 2.24) is 4.90 Å². The van der Waals surface area contributed by atoms with Crippen LogP contribution in [0.25, 0.3) is 0 Å². The topological polar surface area (TPSA) is 83.6 Å². The summed E-state index contributed by atoms with van der Waals surface area (Å²) in [6, 6.07) is 0.0657. The fraction of sp³-hybridized carbons (Fsp3) is 0.846. The lowest BCUT2D eigenvalue weighted by Crippen LogP contribution is -2.51. The van der Waals surface area contributed by atoms with Crippen LogP contribution in [0.1, 0.15) is 44.9 Å². The lowest BCUT2D eigenvalue weighted by atomic mass is 9.75. The number of rotatable bonds is 3. The van der Waals surface area contributed by atoms with Gasteiger partial charge in [0.15, 0.2) is 0 Å². The molecule has 3 atom stereocenters. The first-order chi connectivity index (χ1) is 8.50. The molecule has 3 unspecified atom stereocenters. The second kappa shape index (κ2) is 3.95. The van der Waals surface area contributed by atoms with Crippen LogP contribution in [0.3, 0.4) is 0 Å². The van der Waals surface area contributed by atoms with Crippen LogP contribution >= 0.6 is 0 Å². The highest BCUT2D eigenvalue weighted by molar-refractivity contribution is 5.81. The Balaban J connectivity index is 1.69. The summed E-state index contributed by atoms with van der Waals surface area (Å²) in [5.41, 5.74) is 5.81. The highest BCUT2D eigenvalue weighted by Crippen LogP contribution is 2.43. The number of carbonyl (C=O) groups is 2. The minimum atomic E-state index is -0.758. The van der Waals surface area contributed by atoms with Gasteiger partial charge in [-0.15, -0.1) is 0 Å². The van der Waals surface area contributed by atoms with E-state index in [0.29, 0.717) is 12.8 Å². The summed E-state index contributed by atoms with van der Waals surface area (Å²) in [4.78, 5) is 25.3. The molecule has 3 rings (SSSR count). The fourth-order valence-corrected chi connectivity index (χ4v) is 3.84. The zero-order chi connectivity index (χ0) is 12.9. The molecule has 1 amide bonds. The molecule has 0 aromatic carbocycles. The first-order valence-corrected chi connectivity index (χ1v) is 6.83. The fourth-order valence-electron chi connectivity index (χ4n) is 3.84. The first-order valence-electron chi connectivity index (χ1n) is 6.83. The molecule has 2 heterocycles. The molecule has 3 N–H and O–H groups in total. The van der Waals surface area contributed by atoms with Crippen molar-refractivity contribution in [2.45, 2.75) is 62.6 Å². The van der Waals surface area contributed by atoms with Gasteiger partial charge in [-0.1, -0.05) is 0 Å². The summed E-state index contributed by atoms with van der Waals surface area (Å²) in [5.74, 6) is -1.04. The number of fused-ring (bicyclic) bond motifs is 2. The first kappa shape index (κ1) is 12.0. The van der Waals surface area contributed by atoms with E-state index in [-0.39, 0.29) is 29.4 Å². The van der Waals surface area contributed by atoms with Gasteiger partial charge in [-0.05, 0) is 38.5 Å². The molecule has 3 fully saturated rings. The van der Waals surface area contributed by atoms with Crippen molar-refractivity contribution in [2.75, 3.05) is 0 Å². The van der Waals surface area contributed by atoms with E-state index in [4.69, 9.17) is 10.8 Å². The molecule has 5 nitrogen and oxygen atoms in total. The average molecular weight is 252 g/mol. The maximum Gasteiger partial charge on any atom is 0.308 e. The van der Waals surface area contributed by atoms with Gasteiger partial charge in [0.1, 0.15) is 0 Å². The van der Waals surface area contributed by atoms with Crippen LogP contribution in [0.15, 0.2) is 0 Å². The van der Waals surface area contributed by atoms with Crippen molar-refractivity contribution in [3.05, 3.63) is 0 Å². The smallest absolute Gasteiger partial charge is 0.308 e. The Morgan fingerprint density at radius 2 is 2.06 bits per heavy atom. The summed E-state index contributed by atoms with van der Waals surface area (Å²) < 4.78 is 0. The van der Waals surface area contributed by atoms with Gasteiger partial charge in [0.25, 0.3) is 0 Å². The van der Waals surface area contributed by atoms with E-state index in [1.54, 1.807) is 0 Å². The van der Waals surface area contributed by atoms with E-state index in [2.05, 4.69) is 0 Å². The van der Waals surface area contributed by atoms with Crippen LogP contribution in [-0.2, 0) is 9.59 Å². The summed E-state index contributed by atoms with van der Waals surface area (Å²) in [5, 5.41) is 9.16. The third-order valence-electron chi connectivity index (χ3n) is 4.99. The van der Waals surface area contributed by atoms with Gasteiger partial charge in [0, 0.05) is 24.0 Å². The highest BCUT2D eigenvalue weighted by Gasteiger charge is 2.52. The molecule has 2 bridgehead atoms. The summed E-state index contributed by atoms with van der Waals surface area (Å²) >= 11 is 0. The van der Waals surface area contributed by atoms with Gasteiger partial charge in [-0.25, -0.2) is 0 Å². The van der Waals surface area contributed by atoms with Gasteiger partial charge < -0.3 is 15.7 Å². The van der Waals surface area contributed by atoms with E-state index in [1.165, 1.54) is 0 Å². The monoisotopic (exact) mass is 252 g/mol. The molecule has 1 aliphatic carbocycles. The summed E-state index contributed by atoms with van der Waals surface area (Å²) in [6.45, 7) is 0. The minimum absolute atomic E-state index is 0.0773. The normalized spacial score (nSPS) is 36.5. The van der Waals surface area contributed by atoms with Crippen molar-refractivity contribution in [2.24, 2.45) is 11.7 Å². The van der Waals surface area contributed by atoms with E-state index >= 15 is 0 Å². The number of carboxylic acids is 1. The van der Waals surface area contributed by atoms with E-state index in [1.807, 2.05) is 4.90 Å². The van der Waals surface area contributed by atoms with Gasteiger partial charge >= 0.3 is 5.97 Å². The number of hydrogen-bond acceptors (Lipinski definition) is 3. The van der Waals surface area contributed by atoms with Gasteiger partial charge in [0.05, 0.1) is 5.92 Å². The maximum absolute atomic E-state index is 12.3. The molecular formula is C13H20N2O3. The number of carbonyl (C=O) groups excluding carboxylic acids is 1. The number of nitrogens with two attached hydrogens (primary N) is 1. The van der Waals surface area contributed by atoms with Crippen LogP contribution in [0.5, 0.6) is 0 Å². The summed E-state index contributed by atoms with van der Waals surface area (Å²) in [7, 11) is 0. The van der Waals surface area contributed by atoms with Crippen molar-refractivity contribution in [3.63, 3.8) is 0 Å². The molecule has 0 radical (unpaired) electrons. The van der Waals surface area contributed by atoms with E-state index < -0.39 is 5.97 Å².